The SMILES string of the molecule is CCCCc1ccc(CNc2nc(-c3cccnc3)cs2)cc1. The minimum absolute atomic E-state index is 0.800. The van der Waals surface area contributed by atoms with Crippen LogP contribution in [0.2, 0.25) is 0 Å². The van der Waals surface area contributed by atoms with Gasteiger partial charge in [0.15, 0.2) is 5.13 Å². The highest BCUT2D eigenvalue weighted by Crippen LogP contribution is 2.24. The summed E-state index contributed by atoms with van der Waals surface area (Å²) in [4.78, 5) is 8.76. The van der Waals surface area contributed by atoms with Crippen LogP contribution in [0.4, 0.5) is 5.13 Å². The molecule has 118 valence electrons. The van der Waals surface area contributed by atoms with Crippen LogP contribution in [0, 0.1) is 0 Å². The molecule has 0 amide bonds. The normalized spacial score (nSPS) is 10.7. The number of aryl methyl sites for hydroxylation is 1. The number of hydrogen-bond acceptors (Lipinski definition) is 4. The number of hydrogen-bond donors (Lipinski definition) is 1. The molecule has 3 aromatic rings. The molecule has 0 atom stereocenters. The van der Waals surface area contributed by atoms with Gasteiger partial charge in [-0.25, -0.2) is 4.98 Å². The van der Waals surface area contributed by atoms with Crippen molar-refractivity contribution in [3.8, 4) is 11.3 Å². The monoisotopic (exact) mass is 323 g/mol. The summed E-state index contributed by atoms with van der Waals surface area (Å²) in [6.07, 6.45) is 7.29. The molecule has 2 aromatic heterocycles. The van der Waals surface area contributed by atoms with Crippen LogP contribution in [0.15, 0.2) is 54.2 Å². The third-order valence-electron chi connectivity index (χ3n) is 3.75. The Balaban J connectivity index is 1.57. The Morgan fingerprint density at radius 3 is 2.65 bits per heavy atom. The Morgan fingerprint density at radius 1 is 1.09 bits per heavy atom. The second kappa shape index (κ2) is 7.88. The van der Waals surface area contributed by atoms with Crippen LogP contribution in [0.25, 0.3) is 11.3 Å². The van der Waals surface area contributed by atoms with E-state index < -0.39 is 0 Å². The van der Waals surface area contributed by atoms with Gasteiger partial charge in [-0.2, -0.15) is 0 Å². The molecule has 1 aromatic carbocycles. The summed E-state index contributed by atoms with van der Waals surface area (Å²) >= 11 is 1.63. The van der Waals surface area contributed by atoms with Gasteiger partial charge < -0.3 is 5.32 Å². The van der Waals surface area contributed by atoms with Crippen molar-refractivity contribution >= 4 is 16.5 Å². The van der Waals surface area contributed by atoms with Gasteiger partial charge in [-0.3, -0.25) is 4.98 Å². The number of aromatic nitrogens is 2. The predicted molar refractivity (Wildman–Crippen MR) is 97.7 cm³/mol. The van der Waals surface area contributed by atoms with E-state index in [2.05, 4.69) is 51.9 Å². The Kier molecular flexibility index (Phi) is 5.37. The molecular weight excluding hydrogens is 302 g/mol. The summed E-state index contributed by atoms with van der Waals surface area (Å²) in [6, 6.07) is 12.8. The van der Waals surface area contributed by atoms with Crippen LogP contribution in [-0.4, -0.2) is 9.97 Å². The van der Waals surface area contributed by atoms with Gasteiger partial charge in [-0.15, -0.1) is 11.3 Å². The second-order valence-corrected chi connectivity index (χ2v) is 6.41. The van der Waals surface area contributed by atoms with E-state index >= 15 is 0 Å². The van der Waals surface area contributed by atoms with Gasteiger partial charge in [0, 0.05) is 29.9 Å². The number of benzene rings is 1. The average molecular weight is 323 g/mol. The topological polar surface area (TPSA) is 37.8 Å². The summed E-state index contributed by atoms with van der Waals surface area (Å²) in [5.74, 6) is 0. The molecule has 0 saturated carbocycles. The molecule has 4 heteroatoms. The van der Waals surface area contributed by atoms with Gasteiger partial charge in [0.25, 0.3) is 0 Å². The van der Waals surface area contributed by atoms with Crippen LogP contribution >= 0.6 is 11.3 Å². The number of anilines is 1. The maximum absolute atomic E-state index is 4.62. The van der Waals surface area contributed by atoms with Crippen molar-refractivity contribution in [2.45, 2.75) is 32.7 Å². The number of rotatable bonds is 7. The number of thiazole rings is 1. The fraction of sp³-hybridized carbons (Fsp3) is 0.263. The summed E-state index contributed by atoms with van der Waals surface area (Å²) in [7, 11) is 0. The highest BCUT2D eigenvalue weighted by molar-refractivity contribution is 7.14. The maximum Gasteiger partial charge on any atom is 0.183 e. The lowest BCUT2D eigenvalue weighted by atomic mass is 10.1. The first-order valence-corrected chi connectivity index (χ1v) is 8.90. The lowest BCUT2D eigenvalue weighted by Gasteiger charge is -2.05. The molecule has 0 radical (unpaired) electrons. The number of nitrogens with zero attached hydrogens (tertiary/aromatic N) is 2. The van der Waals surface area contributed by atoms with Crippen molar-refractivity contribution in [3.63, 3.8) is 0 Å². The van der Waals surface area contributed by atoms with Gasteiger partial charge in [0.2, 0.25) is 0 Å². The van der Waals surface area contributed by atoms with E-state index in [0.29, 0.717) is 0 Å². The van der Waals surface area contributed by atoms with Gasteiger partial charge in [-0.05, 0) is 36.1 Å². The maximum atomic E-state index is 4.62. The summed E-state index contributed by atoms with van der Waals surface area (Å²) in [6.45, 7) is 3.03. The lowest BCUT2D eigenvalue weighted by molar-refractivity contribution is 0.794. The zero-order valence-corrected chi connectivity index (χ0v) is 14.1. The first-order valence-electron chi connectivity index (χ1n) is 8.03. The Hall–Kier alpha value is -2.20. The molecule has 0 fully saturated rings. The third kappa shape index (κ3) is 4.39. The molecule has 0 aliphatic carbocycles. The highest BCUT2D eigenvalue weighted by Gasteiger charge is 2.04. The van der Waals surface area contributed by atoms with Crippen LogP contribution < -0.4 is 5.32 Å². The van der Waals surface area contributed by atoms with E-state index in [0.717, 1.165) is 22.9 Å². The Bertz CT molecular complexity index is 720. The zero-order chi connectivity index (χ0) is 15.9. The van der Waals surface area contributed by atoms with Crippen molar-refractivity contribution in [1.82, 2.24) is 9.97 Å². The smallest absolute Gasteiger partial charge is 0.183 e. The number of nitrogens with one attached hydrogen (secondary N) is 1. The van der Waals surface area contributed by atoms with E-state index in [1.165, 1.54) is 30.4 Å². The van der Waals surface area contributed by atoms with Crippen LogP contribution in [-0.2, 0) is 13.0 Å². The van der Waals surface area contributed by atoms with Gasteiger partial charge in [-0.1, -0.05) is 37.6 Å². The predicted octanol–water partition coefficient (Wildman–Crippen LogP) is 5.16. The van der Waals surface area contributed by atoms with Crippen molar-refractivity contribution < 1.29 is 0 Å². The molecule has 1 N–H and O–H groups in total. The van der Waals surface area contributed by atoms with Crippen LogP contribution in [0.5, 0.6) is 0 Å². The molecule has 0 unspecified atom stereocenters. The van der Waals surface area contributed by atoms with E-state index in [1.807, 2.05) is 18.3 Å². The molecule has 23 heavy (non-hydrogen) atoms. The lowest BCUT2D eigenvalue weighted by Crippen LogP contribution is -1.99. The number of unbranched alkanes of at least 4 members (excludes halogenated alkanes) is 1. The van der Waals surface area contributed by atoms with E-state index in [9.17, 15) is 0 Å². The molecular formula is C19H21N3S. The minimum atomic E-state index is 0.800. The third-order valence-corrected chi connectivity index (χ3v) is 4.55. The molecule has 0 bridgehead atoms. The van der Waals surface area contributed by atoms with Crippen LogP contribution in [0.1, 0.15) is 30.9 Å². The molecule has 0 saturated heterocycles. The summed E-state index contributed by atoms with van der Waals surface area (Å²) < 4.78 is 0. The summed E-state index contributed by atoms with van der Waals surface area (Å²) in [5.41, 5.74) is 4.73. The first-order chi connectivity index (χ1) is 11.3. The molecule has 3 rings (SSSR count). The standard InChI is InChI=1S/C19H21N3S/c1-2-3-5-15-7-9-16(10-8-15)12-21-19-22-18(14-23-19)17-6-4-11-20-13-17/h4,6-11,13-14H,2-3,5,12H2,1H3,(H,21,22). The largest absolute Gasteiger partial charge is 0.357 e. The van der Waals surface area contributed by atoms with Gasteiger partial charge in [0.05, 0.1) is 5.69 Å². The molecule has 0 spiro atoms. The molecule has 2 heterocycles. The van der Waals surface area contributed by atoms with E-state index in [-0.39, 0.29) is 0 Å². The molecule has 0 aliphatic heterocycles. The van der Waals surface area contributed by atoms with E-state index in [1.54, 1.807) is 17.5 Å². The average Bonchev–Trinajstić information content (AvgIpc) is 3.09. The highest BCUT2D eigenvalue weighted by atomic mass is 32.1. The quantitative estimate of drug-likeness (QED) is 0.652. The van der Waals surface area contributed by atoms with Gasteiger partial charge >= 0.3 is 0 Å². The summed E-state index contributed by atoms with van der Waals surface area (Å²) in [5, 5.41) is 6.41. The minimum Gasteiger partial charge on any atom is -0.357 e. The number of pyridine rings is 1. The van der Waals surface area contributed by atoms with Crippen molar-refractivity contribution in [1.29, 1.82) is 0 Å². The van der Waals surface area contributed by atoms with E-state index in [4.69, 9.17) is 0 Å². The van der Waals surface area contributed by atoms with Crippen molar-refractivity contribution in [2.75, 3.05) is 5.32 Å². The second-order valence-electron chi connectivity index (χ2n) is 5.55. The first kappa shape index (κ1) is 15.7. The Labute approximate surface area is 141 Å². The Morgan fingerprint density at radius 2 is 1.91 bits per heavy atom. The fourth-order valence-corrected chi connectivity index (χ4v) is 3.10. The van der Waals surface area contributed by atoms with Crippen molar-refractivity contribution in [3.05, 3.63) is 65.3 Å². The zero-order valence-electron chi connectivity index (χ0n) is 13.3. The fourth-order valence-electron chi connectivity index (χ4n) is 2.38. The van der Waals surface area contributed by atoms with Gasteiger partial charge in [0.1, 0.15) is 0 Å². The molecule has 3 nitrogen and oxygen atoms in total. The van der Waals surface area contributed by atoms with Crippen LogP contribution in [0.3, 0.4) is 0 Å². The van der Waals surface area contributed by atoms with Crippen molar-refractivity contribution in [2.24, 2.45) is 0 Å². The molecule has 0 aliphatic rings.